The number of rotatable bonds is 4. The molecule has 0 fully saturated rings. The summed E-state index contributed by atoms with van der Waals surface area (Å²) in [7, 11) is 0. The van der Waals surface area contributed by atoms with Gasteiger partial charge in [0.1, 0.15) is 11.3 Å². The molecule has 6 rings (SSSR count). The van der Waals surface area contributed by atoms with E-state index in [0.29, 0.717) is 0 Å². The Hall–Kier alpha value is -4.50. The molecule has 3 heteroatoms. The Labute approximate surface area is 192 Å². The molecular weight excluding hydrogens is 404 g/mol. The Morgan fingerprint density at radius 2 is 1.21 bits per heavy atom. The molecule has 6 aromatic rings. The summed E-state index contributed by atoms with van der Waals surface area (Å²) in [4.78, 5) is 8.72. The highest BCUT2D eigenvalue weighted by Gasteiger charge is 2.09. The number of benzene rings is 3. The smallest absolute Gasteiger partial charge is 0.135 e. The molecule has 3 heterocycles. The van der Waals surface area contributed by atoms with Crippen molar-refractivity contribution in [3.05, 3.63) is 122 Å². The highest BCUT2D eigenvalue weighted by Crippen LogP contribution is 2.33. The molecule has 0 aliphatic heterocycles. The van der Waals surface area contributed by atoms with Crippen molar-refractivity contribution in [1.82, 2.24) is 9.97 Å². The number of hydrogen-bond donors (Lipinski definition) is 0. The molecule has 0 amide bonds. The molecule has 33 heavy (non-hydrogen) atoms. The number of hydrogen-bond acceptors (Lipinski definition) is 3. The Morgan fingerprint density at radius 1 is 0.485 bits per heavy atom. The van der Waals surface area contributed by atoms with Crippen LogP contribution in [-0.2, 0) is 0 Å². The van der Waals surface area contributed by atoms with E-state index in [1.54, 1.807) is 12.4 Å². The second kappa shape index (κ2) is 8.21. The molecule has 3 aromatic carbocycles. The molecule has 0 spiro atoms. The third-order valence-electron chi connectivity index (χ3n) is 5.84. The Morgan fingerprint density at radius 3 is 2.09 bits per heavy atom. The Kier molecular flexibility index (Phi) is 4.78. The largest absolute Gasteiger partial charge is 0.456 e. The van der Waals surface area contributed by atoms with E-state index in [0.717, 1.165) is 50.2 Å². The lowest BCUT2D eigenvalue weighted by atomic mass is 9.99. The molecule has 3 nitrogen and oxygen atoms in total. The van der Waals surface area contributed by atoms with Crippen molar-refractivity contribution < 1.29 is 4.42 Å². The lowest BCUT2D eigenvalue weighted by Crippen LogP contribution is -1.86. The molecule has 156 valence electrons. The maximum atomic E-state index is 6.06. The first-order chi connectivity index (χ1) is 16.3. The van der Waals surface area contributed by atoms with Gasteiger partial charge in [-0.2, -0.15) is 0 Å². The van der Waals surface area contributed by atoms with Gasteiger partial charge in [-0.05, 0) is 70.8 Å². The van der Waals surface area contributed by atoms with Crippen molar-refractivity contribution in [1.29, 1.82) is 0 Å². The van der Waals surface area contributed by atoms with Crippen LogP contribution in [0.15, 0.2) is 126 Å². The maximum absolute atomic E-state index is 6.06. The van der Waals surface area contributed by atoms with Gasteiger partial charge in [-0.3, -0.25) is 9.97 Å². The molecule has 0 N–H and O–H groups in total. The molecule has 0 aliphatic rings. The van der Waals surface area contributed by atoms with Crippen LogP contribution < -0.4 is 0 Å². The summed E-state index contributed by atoms with van der Waals surface area (Å²) in [6.07, 6.45) is 5.43. The van der Waals surface area contributed by atoms with Gasteiger partial charge in [-0.15, -0.1) is 0 Å². The summed E-state index contributed by atoms with van der Waals surface area (Å²) in [6.45, 7) is 0. The van der Waals surface area contributed by atoms with Crippen molar-refractivity contribution in [3.8, 4) is 44.8 Å². The second-order valence-corrected chi connectivity index (χ2v) is 7.98. The van der Waals surface area contributed by atoms with Crippen LogP contribution in [0, 0.1) is 0 Å². The van der Waals surface area contributed by atoms with Gasteiger partial charge in [0.2, 0.25) is 0 Å². The molecule has 0 bridgehead atoms. The van der Waals surface area contributed by atoms with Crippen LogP contribution in [0.1, 0.15) is 0 Å². The molecule has 3 aromatic heterocycles. The quantitative estimate of drug-likeness (QED) is 0.289. The topological polar surface area (TPSA) is 38.9 Å². The van der Waals surface area contributed by atoms with E-state index >= 15 is 0 Å². The van der Waals surface area contributed by atoms with E-state index in [-0.39, 0.29) is 0 Å². The van der Waals surface area contributed by atoms with Crippen LogP contribution in [0.3, 0.4) is 0 Å². The van der Waals surface area contributed by atoms with Crippen molar-refractivity contribution in [3.63, 3.8) is 0 Å². The lowest BCUT2D eigenvalue weighted by Gasteiger charge is -2.08. The molecule has 0 saturated heterocycles. The van der Waals surface area contributed by atoms with Crippen LogP contribution >= 0.6 is 0 Å². The molecular formula is C30H20N2O. The van der Waals surface area contributed by atoms with E-state index in [4.69, 9.17) is 4.42 Å². The van der Waals surface area contributed by atoms with E-state index < -0.39 is 0 Å². The van der Waals surface area contributed by atoms with Gasteiger partial charge in [0.25, 0.3) is 0 Å². The van der Waals surface area contributed by atoms with Gasteiger partial charge >= 0.3 is 0 Å². The van der Waals surface area contributed by atoms with Gasteiger partial charge in [0, 0.05) is 35.1 Å². The average Bonchev–Trinajstić information content (AvgIpc) is 3.34. The maximum Gasteiger partial charge on any atom is 0.135 e. The number of fused-ring (bicyclic) bond motifs is 1. The van der Waals surface area contributed by atoms with E-state index in [2.05, 4.69) is 88.8 Å². The zero-order chi connectivity index (χ0) is 22.0. The van der Waals surface area contributed by atoms with Gasteiger partial charge in [0.15, 0.2) is 0 Å². The fourth-order valence-electron chi connectivity index (χ4n) is 4.14. The summed E-state index contributed by atoms with van der Waals surface area (Å²) in [6, 6.07) is 35.4. The SMILES string of the molecule is c1ccc(-c2ccnc(-c3cccc(-c4ccc5oc(-c6ccncc6)cc5c4)c3)c2)cc1. The van der Waals surface area contributed by atoms with Gasteiger partial charge in [0.05, 0.1) is 5.69 Å². The zero-order valence-electron chi connectivity index (χ0n) is 17.8. The van der Waals surface area contributed by atoms with E-state index in [1.165, 1.54) is 5.56 Å². The summed E-state index contributed by atoms with van der Waals surface area (Å²) in [5, 5.41) is 1.08. The van der Waals surface area contributed by atoms with Crippen molar-refractivity contribution >= 4 is 11.0 Å². The molecule has 0 aliphatic carbocycles. The van der Waals surface area contributed by atoms with Crippen LogP contribution in [0.25, 0.3) is 55.8 Å². The third-order valence-corrected chi connectivity index (χ3v) is 5.84. The minimum atomic E-state index is 0.847. The summed E-state index contributed by atoms with van der Waals surface area (Å²) in [5.41, 5.74) is 8.59. The first-order valence-corrected chi connectivity index (χ1v) is 10.9. The van der Waals surface area contributed by atoms with Crippen LogP contribution in [-0.4, -0.2) is 9.97 Å². The number of nitrogens with zero attached hydrogens (tertiary/aromatic N) is 2. The molecule has 0 radical (unpaired) electrons. The standard InChI is InChI=1S/C30H20N2O/c1-2-5-21(6-3-1)25-13-16-32-28(19-25)26-8-4-7-23(17-26)24-9-10-29-27(18-24)20-30(33-29)22-11-14-31-15-12-22/h1-20H. The van der Waals surface area contributed by atoms with Gasteiger partial charge in [-0.1, -0.05) is 54.6 Å². The second-order valence-electron chi connectivity index (χ2n) is 7.98. The highest BCUT2D eigenvalue weighted by atomic mass is 16.3. The van der Waals surface area contributed by atoms with Crippen molar-refractivity contribution in [2.75, 3.05) is 0 Å². The minimum Gasteiger partial charge on any atom is -0.456 e. The zero-order valence-corrected chi connectivity index (χ0v) is 17.8. The third kappa shape index (κ3) is 3.81. The summed E-state index contributed by atoms with van der Waals surface area (Å²) >= 11 is 0. The number of furan rings is 1. The predicted molar refractivity (Wildman–Crippen MR) is 134 cm³/mol. The highest BCUT2D eigenvalue weighted by molar-refractivity contribution is 5.88. The normalized spacial score (nSPS) is 11.0. The lowest BCUT2D eigenvalue weighted by molar-refractivity contribution is 0.631. The minimum absolute atomic E-state index is 0.847. The first kappa shape index (κ1) is 19.2. The molecule has 0 unspecified atom stereocenters. The summed E-state index contributed by atoms with van der Waals surface area (Å²) < 4.78 is 6.06. The number of pyridine rings is 2. The van der Waals surface area contributed by atoms with Crippen LogP contribution in [0.2, 0.25) is 0 Å². The van der Waals surface area contributed by atoms with Crippen LogP contribution in [0.4, 0.5) is 0 Å². The van der Waals surface area contributed by atoms with E-state index in [1.807, 2.05) is 30.5 Å². The van der Waals surface area contributed by atoms with Gasteiger partial charge < -0.3 is 4.42 Å². The fourth-order valence-corrected chi connectivity index (χ4v) is 4.14. The Balaban J connectivity index is 1.36. The molecule has 0 atom stereocenters. The van der Waals surface area contributed by atoms with Gasteiger partial charge in [-0.25, -0.2) is 0 Å². The first-order valence-electron chi connectivity index (χ1n) is 10.9. The summed E-state index contributed by atoms with van der Waals surface area (Å²) in [5.74, 6) is 0.847. The monoisotopic (exact) mass is 424 g/mol. The average molecular weight is 425 g/mol. The predicted octanol–water partition coefficient (Wildman–Crippen LogP) is 7.89. The van der Waals surface area contributed by atoms with E-state index in [9.17, 15) is 0 Å². The fraction of sp³-hybridized carbons (Fsp3) is 0. The molecule has 0 saturated carbocycles. The van der Waals surface area contributed by atoms with Crippen molar-refractivity contribution in [2.24, 2.45) is 0 Å². The van der Waals surface area contributed by atoms with Crippen LogP contribution in [0.5, 0.6) is 0 Å². The van der Waals surface area contributed by atoms with Crippen molar-refractivity contribution in [2.45, 2.75) is 0 Å². The number of aromatic nitrogens is 2. The Bertz CT molecular complexity index is 1550.